The van der Waals surface area contributed by atoms with Crippen molar-refractivity contribution in [3.05, 3.63) is 0 Å². The van der Waals surface area contributed by atoms with Crippen LogP contribution in [0.1, 0.15) is 227 Å². The van der Waals surface area contributed by atoms with Crippen molar-refractivity contribution in [3.8, 4) is 0 Å². The molecule has 0 heteroatoms. The molecular weight excluding hydrogens is 384 g/mol. The molecule has 0 radical (unpaired) electrons. The van der Waals surface area contributed by atoms with Gasteiger partial charge in [-0.3, -0.25) is 0 Å². The van der Waals surface area contributed by atoms with Crippen molar-refractivity contribution in [3.63, 3.8) is 0 Å². The summed E-state index contributed by atoms with van der Waals surface area (Å²) < 4.78 is 0. The van der Waals surface area contributed by atoms with Crippen LogP contribution in [0, 0.1) is 0 Å². The summed E-state index contributed by atoms with van der Waals surface area (Å²) in [7, 11) is 0. The standard InChI is InChI=1S/C12H26.20CH4/c1-3-5-7-9-11-12-10-8-6-4-2;;;;;;;;;;;;;;;;;;;;/h3-12H2,1-2H3;20*1H4. The largest absolute Gasteiger partial charge is 0.0776 e. The Morgan fingerprint density at radius 1 is 0.188 bits per heavy atom. The predicted molar refractivity (Wildman–Crippen MR) is 192 cm³/mol. The molecule has 0 aliphatic rings. The summed E-state index contributed by atoms with van der Waals surface area (Å²) >= 11 is 0. The summed E-state index contributed by atoms with van der Waals surface area (Å²) in [5.74, 6) is 0. The zero-order valence-corrected chi connectivity index (χ0v) is 9.07. The van der Waals surface area contributed by atoms with Gasteiger partial charge in [-0.1, -0.05) is 227 Å². The van der Waals surface area contributed by atoms with Crippen molar-refractivity contribution in [2.24, 2.45) is 0 Å². The van der Waals surface area contributed by atoms with E-state index in [0.717, 1.165) is 0 Å². The summed E-state index contributed by atoms with van der Waals surface area (Å²) in [5.41, 5.74) is 0. The van der Waals surface area contributed by atoms with Crippen molar-refractivity contribution in [1.82, 2.24) is 0 Å². The monoisotopic (exact) mass is 491 g/mol. The Morgan fingerprint density at radius 2 is 0.281 bits per heavy atom. The van der Waals surface area contributed by atoms with Crippen LogP contribution in [0.3, 0.4) is 0 Å². The van der Waals surface area contributed by atoms with E-state index >= 15 is 0 Å². The van der Waals surface area contributed by atoms with Crippen LogP contribution in [-0.2, 0) is 0 Å². The smallest absolute Gasteiger partial charge is 0.0533 e. The number of hydrogen-bond donors (Lipinski definition) is 0. The Hall–Kier alpha value is 0. The van der Waals surface area contributed by atoms with Crippen LogP contribution < -0.4 is 0 Å². The maximum absolute atomic E-state index is 2.28. The van der Waals surface area contributed by atoms with Crippen LogP contribution in [-0.4, -0.2) is 0 Å². The molecule has 0 aliphatic carbocycles. The SMILES string of the molecule is C.C.C.C.C.C.C.C.C.C.C.C.C.C.C.C.C.C.C.C.CCCCCCCCCCCC. The van der Waals surface area contributed by atoms with Gasteiger partial charge in [-0.25, -0.2) is 0 Å². The lowest BCUT2D eigenvalue weighted by atomic mass is 10.1. The van der Waals surface area contributed by atoms with E-state index in [1.54, 1.807) is 0 Å². The molecule has 0 saturated heterocycles. The molecule has 0 aromatic heterocycles. The van der Waals surface area contributed by atoms with Crippen molar-refractivity contribution in [1.29, 1.82) is 0 Å². The molecule has 0 aromatic rings. The molecule has 0 unspecified atom stereocenters. The fourth-order valence-corrected chi connectivity index (χ4v) is 1.56. The van der Waals surface area contributed by atoms with Gasteiger partial charge < -0.3 is 0 Å². The van der Waals surface area contributed by atoms with Gasteiger partial charge in [0.25, 0.3) is 0 Å². The highest BCUT2D eigenvalue weighted by atomic mass is 14.0. The number of unbranched alkanes of at least 4 members (excludes halogenated alkanes) is 9. The number of rotatable bonds is 9. The van der Waals surface area contributed by atoms with E-state index in [1.165, 1.54) is 64.2 Å². The van der Waals surface area contributed by atoms with Crippen LogP contribution in [0.15, 0.2) is 0 Å². The van der Waals surface area contributed by atoms with Crippen molar-refractivity contribution in [2.75, 3.05) is 0 Å². The average Bonchev–Trinajstić information content (AvgIpc) is 2.10. The molecule has 0 atom stereocenters. The Morgan fingerprint density at radius 3 is 0.375 bits per heavy atom. The van der Waals surface area contributed by atoms with Crippen molar-refractivity contribution >= 4 is 0 Å². The van der Waals surface area contributed by atoms with Gasteiger partial charge in [-0.15, -0.1) is 0 Å². The molecular formula is C32H106. The third-order valence-electron chi connectivity index (χ3n) is 2.46. The predicted octanol–water partition coefficient (Wildman–Crippen LogP) is 17.6. The molecule has 0 aliphatic heterocycles. The third-order valence-corrected chi connectivity index (χ3v) is 2.46. The van der Waals surface area contributed by atoms with Gasteiger partial charge in [-0.05, 0) is 0 Å². The highest BCUT2D eigenvalue weighted by Crippen LogP contribution is 2.09. The van der Waals surface area contributed by atoms with Crippen molar-refractivity contribution < 1.29 is 0 Å². The van der Waals surface area contributed by atoms with E-state index in [9.17, 15) is 0 Å². The van der Waals surface area contributed by atoms with Crippen LogP contribution in [0.25, 0.3) is 0 Å². The van der Waals surface area contributed by atoms with Gasteiger partial charge in [0.2, 0.25) is 0 Å². The Kier molecular flexibility index (Phi) is 2220. The van der Waals surface area contributed by atoms with Gasteiger partial charge in [0.05, 0.1) is 0 Å². The third kappa shape index (κ3) is 311. The van der Waals surface area contributed by atoms with Crippen molar-refractivity contribution in [2.45, 2.75) is 227 Å². The topological polar surface area (TPSA) is 0 Å². The van der Waals surface area contributed by atoms with Crippen LogP contribution >= 0.6 is 0 Å². The molecule has 0 fully saturated rings. The first-order valence-corrected chi connectivity index (χ1v) is 5.91. The molecule has 0 spiro atoms. The van der Waals surface area contributed by atoms with E-state index in [4.69, 9.17) is 0 Å². The highest BCUT2D eigenvalue weighted by molar-refractivity contribution is 4.45. The lowest BCUT2D eigenvalue weighted by Crippen LogP contribution is -1.80. The van der Waals surface area contributed by atoms with E-state index in [2.05, 4.69) is 13.8 Å². The lowest BCUT2D eigenvalue weighted by molar-refractivity contribution is 0.562. The molecule has 0 aromatic carbocycles. The molecule has 0 heterocycles. The van der Waals surface area contributed by atoms with Crippen LogP contribution in [0.5, 0.6) is 0 Å². The zero-order chi connectivity index (χ0) is 9.07. The van der Waals surface area contributed by atoms with E-state index in [1.807, 2.05) is 0 Å². The van der Waals surface area contributed by atoms with Gasteiger partial charge in [0, 0.05) is 0 Å². The second-order valence-electron chi connectivity index (χ2n) is 3.83. The molecule has 0 bridgehead atoms. The number of hydrogen-bond acceptors (Lipinski definition) is 0. The maximum atomic E-state index is 2.28. The van der Waals surface area contributed by atoms with Gasteiger partial charge in [0.1, 0.15) is 0 Å². The molecule has 0 N–H and O–H groups in total. The Balaban J connectivity index is -0.00000000318. The first-order chi connectivity index (χ1) is 5.91. The fourth-order valence-electron chi connectivity index (χ4n) is 1.56. The maximum Gasteiger partial charge on any atom is -0.0533 e. The minimum atomic E-state index is 0. The fraction of sp³-hybridized carbons (Fsp3) is 1.00. The molecule has 234 valence electrons. The van der Waals surface area contributed by atoms with Gasteiger partial charge in [0.15, 0.2) is 0 Å². The molecule has 0 rings (SSSR count). The quantitative estimate of drug-likeness (QED) is 0.282. The highest BCUT2D eigenvalue weighted by Gasteiger charge is 1.90. The average molecular weight is 491 g/mol. The van der Waals surface area contributed by atoms with Crippen LogP contribution in [0.4, 0.5) is 0 Å². The summed E-state index contributed by atoms with van der Waals surface area (Å²) in [6.45, 7) is 4.56. The van der Waals surface area contributed by atoms with Gasteiger partial charge in [-0.2, -0.15) is 0 Å². The summed E-state index contributed by atoms with van der Waals surface area (Å²) in [4.78, 5) is 0. The van der Waals surface area contributed by atoms with Gasteiger partial charge >= 0.3 is 0 Å². The van der Waals surface area contributed by atoms with E-state index in [-0.39, 0.29) is 149 Å². The van der Waals surface area contributed by atoms with E-state index < -0.39 is 0 Å². The second-order valence-corrected chi connectivity index (χ2v) is 3.83. The summed E-state index contributed by atoms with van der Waals surface area (Å²) in [6.07, 6.45) is 14.4. The second kappa shape index (κ2) is 279. The van der Waals surface area contributed by atoms with E-state index in [0.29, 0.717) is 0 Å². The minimum absolute atomic E-state index is 0. The zero-order valence-electron chi connectivity index (χ0n) is 9.07. The summed E-state index contributed by atoms with van der Waals surface area (Å²) in [6, 6.07) is 0. The first-order valence-electron chi connectivity index (χ1n) is 5.91. The minimum Gasteiger partial charge on any atom is -0.0776 e. The first kappa shape index (κ1) is 254. The Bertz CT molecular complexity index is 56.4. The molecule has 0 saturated carbocycles. The lowest BCUT2D eigenvalue weighted by Gasteiger charge is -1.99. The molecule has 0 nitrogen and oxygen atoms in total. The molecule has 0 amide bonds. The normalized spacial score (nSPS) is 3.94. The summed E-state index contributed by atoms with van der Waals surface area (Å²) in [5, 5.41) is 0. The Labute approximate surface area is 226 Å². The van der Waals surface area contributed by atoms with Crippen LogP contribution in [0.2, 0.25) is 0 Å². The molecule has 32 heavy (non-hydrogen) atoms.